The molecule has 0 unspecified atom stereocenters. The maximum Gasteiger partial charge on any atom is 0.346 e. The van der Waals surface area contributed by atoms with Gasteiger partial charge in [-0.05, 0) is 37.0 Å². The van der Waals surface area contributed by atoms with Crippen molar-refractivity contribution in [3.8, 4) is 11.5 Å². The summed E-state index contributed by atoms with van der Waals surface area (Å²) in [6.45, 7) is 4.01. The van der Waals surface area contributed by atoms with E-state index in [1.54, 1.807) is 6.08 Å². The Morgan fingerprint density at radius 1 is 1.21 bits per heavy atom. The van der Waals surface area contributed by atoms with E-state index in [0.717, 1.165) is 19.3 Å². The lowest BCUT2D eigenvalue weighted by Gasteiger charge is -2.15. The highest BCUT2D eigenvalue weighted by molar-refractivity contribution is 5.97. The van der Waals surface area contributed by atoms with Crippen LogP contribution in [0.4, 0.5) is 0 Å². The lowest BCUT2D eigenvalue weighted by Crippen LogP contribution is -2.10. The fraction of sp³-hybridized carbons (Fsp3) is 0.333. The Bertz CT molecular complexity index is 794. The predicted octanol–water partition coefficient (Wildman–Crippen LogP) is 3.47. The van der Waals surface area contributed by atoms with Crippen molar-refractivity contribution in [2.45, 2.75) is 25.7 Å². The van der Waals surface area contributed by atoms with Gasteiger partial charge in [0.15, 0.2) is 0 Å². The zero-order valence-electron chi connectivity index (χ0n) is 15.9. The number of phenols is 2. The van der Waals surface area contributed by atoms with Crippen LogP contribution in [-0.4, -0.2) is 42.2 Å². The first-order chi connectivity index (χ1) is 13.5. The van der Waals surface area contributed by atoms with Gasteiger partial charge in [0.1, 0.15) is 17.3 Å². The second-order valence-electron chi connectivity index (χ2n) is 6.12. The summed E-state index contributed by atoms with van der Waals surface area (Å²) in [6.07, 6.45) is 10.5. The fourth-order valence-electron chi connectivity index (χ4n) is 2.64. The van der Waals surface area contributed by atoms with Gasteiger partial charge in [0, 0.05) is 12.5 Å². The maximum atomic E-state index is 11.2. The molecule has 0 bridgehead atoms. The summed E-state index contributed by atoms with van der Waals surface area (Å²) in [5.74, 6) is -0.470. The van der Waals surface area contributed by atoms with Crippen LogP contribution >= 0.6 is 0 Å². The lowest BCUT2D eigenvalue weighted by molar-refractivity contribution is -0.145. The number of carbonyl (C=O) groups excluding carboxylic acids is 1. The largest absolute Gasteiger partial charge is 0.508 e. The third-order valence-corrected chi connectivity index (χ3v) is 3.96. The monoisotopic (exact) mass is 387 g/mol. The van der Waals surface area contributed by atoms with Gasteiger partial charge in [-0.1, -0.05) is 30.0 Å². The Balaban J connectivity index is 2.36. The molecule has 0 saturated carbocycles. The van der Waals surface area contributed by atoms with Crippen LogP contribution in [0, 0.1) is 0 Å². The summed E-state index contributed by atoms with van der Waals surface area (Å²) in [5, 5.41) is 24.2. The van der Waals surface area contributed by atoms with Crippen LogP contribution in [-0.2, 0) is 25.5 Å². The third-order valence-electron chi connectivity index (χ3n) is 3.96. The van der Waals surface area contributed by atoms with Gasteiger partial charge in [-0.2, -0.15) is 0 Å². The normalized spacial score (nSPS) is 19.0. The number of carbonyl (C=O) groups is 1. The van der Waals surface area contributed by atoms with Crippen molar-refractivity contribution < 1.29 is 29.3 Å². The SMILES string of the molecule is C=C1OCC/C=C/CC/C=C/C(=N\OCC(=O)OC)Cc2cc(O)cc(O)c21. The molecule has 0 aromatic heterocycles. The van der Waals surface area contributed by atoms with Crippen molar-refractivity contribution in [3.05, 3.63) is 54.1 Å². The Kier molecular flexibility index (Phi) is 8.14. The third kappa shape index (κ3) is 6.50. The lowest BCUT2D eigenvalue weighted by atomic mass is 9.98. The van der Waals surface area contributed by atoms with E-state index in [2.05, 4.69) is 22.5 Å². The summed E-state index contributed by atoms with van der Waals surface area (Å²) in [5.41, 5.74) is 1.47. The average molecular weight is 387 g/mol. The molecule has 0 fully saturated rings. The molecular formula is C21H25NO6. The minimum absolute atomic E-state index is 0.0908. The number of esters is 1. The van der Waals surface area contributed by atoms with E-state index in [9.17, 15) is 15.0 Å². The number of methoxy groups -OCH3 is 1. The van der Waals surface area contributed by atoms with E-state index in [1.807, 2.05) is 12.2 Å². The van der Waals surface area contributed by atoms with Gasteiger partial charge in [0.05, 0.1) is 25.0 Å². The first-order valence-electron chi connectivity index (χ1n) is 8.95. The molecule has 0 aliphatic carbocycles. The standard InChI is InChI=1S/C21H25NO6/c1-15-21-16(12-18(23)13-19(21)24)11-17(22-28-14-20(25)26-2)9-7-5-3-4-6-8-10-27-15/h4,6-7,9,12-13,23-24H,1,3,5,8,10-11,14H2,2H3/b6-4+,9-7+,22-17+. The van der Waals surface area contributed by atoms with Gasteiger partial charge in [0.25, 0.3) is 0 Å². The summed E-state index contributed by atoms with van der Waals surface area (Å²) in [7, 11) is 1.27. The maximum absolute atomic E-state index is 11.2. The smallest absolute Gasteiger partial charge is 0.346 e. The van der Waals surface area contributed by atoms with Gasteiger partial charge in [-0.3, -0.25) is 0 Å². The average Bonchev–Trinajstić information content (AvgIpc) is 2.65. The van der Waals surface area contributed by atoms with Crippen LogP contribution in [0.3, 0.4) is 0 Å². The number of hydrogen-bond donors (Lipinski definition) is 2. The molecule has 150 valence electrons. The first kappa shape index (κ1) is 21.1. The zero-order chi connectivity index (χ0) is 20.4. The number of aromatic hydroxyl groups is 2. The molecule has 1 aromatic carbocycles. The molecule has 0 amide bonds. The minimum atomic E-state index is -0.545. The number of fused-ring (bicyclic) bond motifs is 1. The summed E-state index contributed by atoms with van der Waals surface area (Å²) < 4.78 is 10.2. The number of allylic oxidation sites excluding steroid dienone is 3. The van der Waals surface area contributed by atoms with E-state index in [4.69, 9.17) is 9.57 Å². The zero-order valence-corrected chi connectivity index (χ0v) is 15.9. The van der Waals surface area contributed by atoms with Gasteiger partial charge in [0.2, 0.25) is 6.61 Å². The molecule has 2 rings (SSSR count). The molecule has 0 saturated heterocycles. The van der Waals surface area contributed by atoms with Crippen LogP contribution in [0.5, 0.6) is 11.5 Å². The second kappa shape index (κ2) is 10.8. The Morgan fingerprint density at radius 3 is 2.75 bits per heavy atom. The van der Waals surface area contributed by atoms with Crippen molar-refractivity contribution in [1.82, 2.24) is 0 Å². The van der Waals surface area contributed by atoms with Crippen LogP contribution < -0.4 is 0 Å². The Morgan fingerprint density at radius 2 is 1.96 bits per heavy atom. The molecule has 0 spiro atoms. The van der Waals surface area contributed by atoms with E-state index in [-0.39, 0.29) is 24.5 Å². The molecule has 7 heteroatoms. The first-order valence-corrected chi connectivity index (χ1v) is 8.95. The van der Waals surface area contributed by atoms with E-state index < -0.39 is 5.97 Å². The fourth-order valence-corrected chi connectivity index (χ4v) is 2.64. The van der Waals surface area contributed by atoms with Crippen molar-refractivity contribution in [3.63, 3.8) is 0 Å². The van der Waals surface area contributed by atoms with Crippen LogP contribution in [0.15, 0.2) is 48.2 Å². The van der Waals surface area contributed by atoms with Gasteiger partial charge >= 0.3 is 5.97 Å². The van der Waals surface area contributed by atoms with Gasteiger partial charge < -0.3 is 24.5 Å². The number of ether oxygens (including phenoxy) is 2. The highest BCUT2D eigenvalue weighted by Gasteiger charge is 2.16. The number of benzene rings is 1. The van der Waals surface area contributed by atoms with E-state index in [0.29, 0.717) is 29.2 Å². The summed E-state index contributed by atoms with van der Waals surface area (Å²) >= 11 is 0. The molecule has 2 N–H and O–H groups in total. The number of nitrogens with zero attached hydrogens (tertiary/aromatic N) is 1. The van der Waals surface area contributed by atoms with Gasteiger partial charge in [-0.25, -0.2) is 4.79 Å². The summed E-state index contributed by atoms with van der Waals surface area (Å²) in [4.78, 5) is 16.3. The number of phenolic OH excluding ortho intramolecular Hbond substituents is 2. The highest BCUT2D eigenvalue weighted by atomic mass is 16.6. The second-order valence-corrected chi connectivity index (χ2v) is 6.12. The van der Waals surface area contributed by atoms with E-state index in [1.165, 1.54) is 19.2 Å². The molecule has 0 atom stereocenters. The quantitative estimate of drug-likeness (QED) is 0.468. The highest BCUT2D eigenvalue weighted by Crippen LogP contribution is 2.33. The molecule has 1 aliphatic heterocycles. The van der Waals surface area contributed by atoms with Crippen molar-refractivity contribution >= 4 is 17.4 Å². The van der Waals surface area contributed by atoms with Crippen molar-refractivity contribution in [2.75, 3.05) is 20.3 Å². The number of rotatable bonds is 3. The van der Waals surface area contributed by atoms with Crippen LogP contribution in [0.2, 0.25) is 0 Å². The van der Waals surface area contributed by atoms with Crippen molar-refractivity contribution in [1.29, 1.82) is 0 Å². The molecule has 1 aliphatic rings. The predicted molar refractivity (Wildman–Crippen MR) is 106 cm³/mol. The number of hydrogen-bond acceptors (Lipinski definition) is 7. The van der Waals surface area contributed by atoms with E-state index >= 15 is 0 Å². The molecule has 1 heterocycles. The van der Waals surface area contributed by atoms with Crippen molar-refractivity contribution in [2.24, 2.45) is 5.16 Å². The molecule has 1 aromatic rings. The topological polar surface area (TPSA) is 97.6 Å². The molecule has 0 radical (unpaired) electrons. The molecule has 7 nitrogen and oxygen atoms in total. The minimum Gasteiger partial charge on any atom is -0.508 e. The van der Waals surface area contributed by atoms with Crippen LogP contribution in [0.1, 0.15) is 30.4 Å². The Labute approximate surface area is 164 Å². The Hall–Kier alpha value is -3.22. The van der Waals surface area contributed by atoms with Gasteiger partial charge in [-0.15, -0.1) is 0 Å². The van der Waals surface area contributed by atoms with Crippen LogP contribution in [0.25, 0.3) is 5.76 Å². The molecule has 28 heavy (non-hydrogen) atoms. The summed E-state index contributed by atoms with van der Waals surface area (Å²) in [6, 6.07) is 2.75. The molecular weight excluding hydrogens is 362 g/mol. The number of oxime groups is 1.